The van der Waals surface area contributed by atoms with E-state index in [0.717, 1.165) is 0 Å². The number of anilines is 1. The first kappa shape index (κ1) is 19.2. The number of pyridine rings is 1. The number of fused-ring (bicyclic) bond motifs is 2. The van der Waals surface area contributed by atoms with E-state index in [1.54, 1.807) is 41.2 Å². The van der Waals surface area contributed by atoms with Crippen molar-refractivity contribution in [3.05, 3.63) is 88.1 Å². The molecule has 0 radical (unpaired) electrons. The molecule has 0 saturated carbocycles. The molecule has 31 heavy (non-hydrogen) atoms. The third kappa shape index (κ3) is 3.40. The minimum atomic E-state index is -0.465. The van der Waals surface area contributed by atoms with Crippen molar-refractivity contribution in [2.75, 3.05) is 5.32 Å². The van der Waals surface area contributed by atoms with Crippen LogP contribution in [0.5, 0.6) is 0 Å². The molecule has 0 fully saturated rings. The summed E-state index contributed by atoms with van der Waals surface area (Å²) in [5, 5.41) is 4.81. The second-order valence-corrected chi connectivity index (χ2v) is 7.54. The van der Waals surface area contributed by atoms with E-state index in [0.29, 0.717) is 44.2 Å². The van der Waals surface area contributed by atoms with E-state index >= 15 is 0 Å². The second kappa shape index (κ2) is 7.48. The number of H-pyrrole nitrogens is 1. The zero-order valence-electron chi connectivity index (χ0n) is 16.3. The van der Waals surface area contributed by atoms with E-state index in [1.165, 1.54) is 18.5 Å². The first-order valence-corrected chi connectivity index (χ1v) is 9.91. The largest absolute Gasteiger partial charge is 0.360 e. The molecule has 0 saturated heterocycles. The number of hydrogen-bond acceptors (Lipinski definition) is 5. The number of imidazole rings is 1. The normalized spacial score (nSPS) is 12.4. The van der Waals surface area contributed by atoms with Crippen LogP contribution < -0.4 is 10.9 Å². The van der Waals surface area contributed by atoms with Crippen LogP contribution in [0.3, 0.4) is 0 Å². The van der Waals surface area contributed by atoms with E-state index in [-0.39, 0.29) is 11.6 Å². The molecule has 0 amide bonds. The molecule has 2 N–H and O–H groups in total. The number of benzene rings is 2. The van der Waals surface area contributed by atoms with Crippen molar-refractivity contribution >= 4 is 39.4 Å². The van der Waals surface area contributed by atoms with Crippen molar-refractivity contribution in [2.24, 2.45) is 0 Å². The highest BCUT2D eigenvalue weighted by atomic mass is 35.5. The number of aromatic nitrogens is 5. The fourth-order valence-corrected chi connectivity index (χ4v) is 3.75. The molecule has 0 aliphatic heterocycles. The van der Waals surface area contributed by atoms with Crippen LogP contribution in [0.1, 0.15) is 18.7 Å². The quantitative estimate of drug-likeness (QED) is 0.431. The smallest absolute Gasteiger partial charge is 0.263 e. The summed E-state index contributed by atoms with van der Waals surface area (Å²) in [6, 6.07) is 12.6. The highest BCUT2D eigenvalue weighted by molar-refractivity contribution is 6.30. The van der Waals surface area contributed by atoms with Crippen LogP contribution in [0.4, 0.5) is 10.2 Å². The van der Waals surface area contributed by atoms with Gasteiger partial charge in [-0.05, 0) is 54.8 Å². The number of aromatic amines is 1. The van der Waals surface area contributed by atoms with E-state index in [1.807, 2.05) is 13.0 Å². The van der Waals surface area contributed by atoms with Crippen LogP contribution in [0.2, 0.25) is 5.02 Å². The average molecular weight is 435 g/mol. The molecule has 3 aromatic heterocycles. The number of nitrogens with zero attached hydrogens (tertiary/aromatic N) is 4. The van der Waals surface area contributed by atoms with E-state index < -0.39 is 5.82 Å². The Bertz CT molecular complexity index is 1480. The zero-order valence-corrected chi connectivity index (χ0v) is 17.1. The third-order valence-electron chi connectivity index (χ3n) is 5.11. The molecule has 0 bridgehead atoms. The summed E-state index contributed by atoms with van der Waals surface area (Å²) in [5.74, 6) is 0.0705. The monoisotopic (exact) mass is 434 g/mol. The van der Waals surface area contributed by atoms with Gasteiger partial charge in [-0.15, -0.1) is 0 Å². The first-order valence-electron chi connectivity index (χ1n) is 9.53. The lowest BCUT2D eigenvalue weighted by atomic mass is 10.1. The molecule has 1 atom stereocenters. The number of nitrogens with one attached hydrogen (secondary N) is 2. The molecule has 0 unspecified atom stereocenters. The number of rotatable bonds is 4. The number of halogens is 2. The SMILES string of the molecule is C[C@H](Nc1ncnc2[nH]cnc12)c1cc2ccc(F)cc2c(=O)n1-c1ccc(Cl)cc1. The second-order valence-electron chi connectivity index (χ2n) is 7.11. The Kier molecular flexibility index (Phi) is 4.63. The van der Waals surface area contributed by atoms with E-state index in [2.05, 4.69) is 25.3 Å². The van der Waals surface area contributed by atoms with Crippen LogP contribution in [0.25, 0.3) is 27.6 Å². The fraction of sp³-hybridized carbons (Fsp3) is 0.0909. The van der Waals surface area contributed by atoms with Crippen molar-refractivity contribution in [1.82, 2.24) is 24.5 Å². The minimum absolute atomic E-state index is 0.294. The molecule has 5 rings (SSSR count). The lowest BCUT2D eigenvalue weighted by Crippen LogP contribution is -2.25. The average Bonchev–Trinajstić information content (AvgIpc) is 3.25. The fourth-order valence-electron chi connectivity index (χ4n) is 3.63. The molecule has 7 nitrogen and oxygen atoms in total. The Balaban J connectivity index is 1.70. The molecular formula is C22H16ClFN6O. The number of hydrogen-bond donors (Lipinski definition) is 2. The van der Waals surface area contributed by atoms with Gasteiger partial charge in [-0.3, -0.25) is 9.36 Å². The summed E-state index contributed by atoms with van der Waals surface area (Å²) >= 11 is 6.04. The maximum Gasteiger partial charge on any atom is 0.263 e. The molecule has 3 heterocycles. The first-order chi connectivity index (χ1) is 15.0. The van der Waals surface area contributed by atoms with Gasteiger partial charge in [-0.1, -0.05) is 17.7 Å². The van der Waals surface area contributed by atoms with Crippen LogP contribution in [0, 0.1) is 5.82 Å². The highest BCUT2D eigenvalue weighted by Crippen LogP contribution is 2.26. The van der Waals surface area contributed by atoms with Crippen molar-refractivity contribution in [3.63, 3.8) is 0 Å². The van der Waals surface area contributed by atoms with Gasteiger partial charge in [-0.25, -0.2) is 19.3 Å². The van der Waals surface area contributed by atoms with Gasteiger partial charge in [0.2, 0.25) is 0 Å². The van der Waals surface area contributed by atoms with Crippen molar-refractivity contribution in [2.45, 2.75) is 13.0 Å². The van der Waals surface area contributed by atoms with Crippen LogP contribution in [0.15, 0.2) is 66.0 Å². The van der Waals surface area contributed by atoms with Gasteiger partial charge in [0.05, 0.1) is 17.8 Å². The van der Waals surface area contributed by atoms with Crippen LogP contribution in [-0.4, -0.2) is 24.5 Å². The van der Waals surface area contributed by atoms with Gasteiger partial charge < -0.3 is 10.3 Å². The summed E-state index contributed by atoms with van der Waals surface area (Å²) in [7, 11) is 0. The molecule has 2 aromatic carbocycles. The lowest BCUT2D eigenvalue weighted by molar-refractivity contribution is 0.629. The Hall–Kier alpha value is -3.78. The topological polar surface area (TPSA) is 88.5 Å². The van der Waals surface area contributed by atoms with Gasteiger partial charge in [-0.2, -0.15) is 0 Å². The zero-order chi connectivity index (χ0) is 21.5. The van der Waals surface area contributed by atoms with Crippen molar-refractivity contribution in [3.8, 4) is 5.69 Å². The predicted molar refractivity (Wildman–Crippen MR) is 118 cm³/mol. The van der Waals surface area contributed by atoms with Gasteiger partial charge >= 0.3 is 0 Å². The van der Waals surface area contributed by atoms with Crippen LogP contribution in [-0.2, 0) is 0 Å². The Morgan fingerprint density at radius 3 is 2.71 bits per heavy atom. The van der Waals surface area contributed by atoms with E-state index in [9.17, 15) is 9.18 Å². The van der Waals surface area contributed by atoms with E-state index in [4.69, 9.17) is 11.6 Å². The maximum absolute atomic E-state index is 13.9. The van der Waals surface area contributed by atoms with Gasteiger partial charge in [0.15, 0.2) is 11.5 Å². The Labute approximate surface area is 180 Å². The Morgan fingerprint density at radius 2 is 1.90 bits per heavy atom. The van der Waals surface area contributed by atoms with Gasteiger partial charge in [0.1, 0.15) is 17.7 Å². The molecule has 0 aliphatic carbocycles. The summed E-state index contributed by atoms with van der Waals surface area (Å²) in [5.41, 5.74) is 2.17. The van der Waals surface area contributed by atoms with Crippen molar-refractivity contribution < 1.29 is 4.39 Å². The minimum Gasteiger partial charge on any atom is -0.360 e. The van der Waals surface area contributed by atoms with Gasteiger partial charge in [0, 0.05) is 16.4 Å². The van der Waals surface area contributed by atoms with Crippen molar-refractivity contribution in [1.29, 1.82) is 0 Å². The van der Waals surface area contributed by atoms with Gasteiger partial charge in [0.25, 0.3) is 5.56 Å². The molecule has 9 heteroatoms. The summed E-state index contributed by atoms with van der Waals surface area (Å²) in [6.45, 7) is 1.91. The molecular weight excluding hydrogens is 419 g/mol. The maximum atomic E-state index is 13.9. The molecule has 0 spiro atoms. The molecule has 0 aliphatic rings. The summed E-state index contributed by atoms with van der Waals surface area (Å²) < 4.78 is 15.4. The summed E-state index contributed by atoms with van der Waals surface area (Å²) in [4.78, 5) is 29.1. The Morgan fingerprint density at radius 1 is 1.10 bits per heavy atom. The lowest BCUT2D eigenvalue weighted by Gasteiger charge is -2.21. The molecule has 154 valence electrons. The summed E-state index contributed by atoms with van der Waals surface area (Å²) in [6.07, 6.45) is 2.98. The standard InChI is InChI=1S/C22H16ClFN6O/c1-12(29-21-19-20(26-10-25-19)27-11-28-21)18-8-13-2-5-15(24)9-17(13)22(31)30(18)16-6-3-14(23)4-7-16/h2-12H,1H3,(H2,25,26,27,28,29)/t12-/m0/s1. The van der Waals surface area contributed by atoms with Crippen LogP contribution >= 0.6 is 11.6 Å². The predicted octanol–water partition coefficient (Wildman–Crippen LogP) is 4.62. The molecule has 5 aromatic rings. The highest BCUT2D eigenvalue weighted by Gasteiger charge is 2.18. The third-order valence-corrected chi connectivity index (χ3v) is 5.36.